The van der Waals surface area contributed by atoms with Crippen LogP contribution in [-0.2, 0) is 14.3 Å². The number of ketones is 1. The average Bonchev–Trinajstić information content (AvgIpc) is 2.86. The third kappa shape index (κ3) is 12.7. The van der Waals surface area contributed by atoms with Crippen molar-refractivity contribution >= 4 is 5.78 Å². The molecule has 2 saturated heterocycles. The smallest absolute Gasteiger partial charge is 0.161 e. The summed E-state index contributed by atoms with van der Waals surface area (Å²) < 4.78 is 12.5. The molecule has 2 rings (SSSR count). The number of nitriles is 1. The number of fused-ring (bicyclic) bond motifs is 3. The van der Waals surface area contributed by atoms with Crippen molar-refractivity contribution in [3.63, 3.8) is 0 Å². The first-order valence-corrected chi connectivity index (χ1v) is 14.9. The first kappa shape index (κ1) is 29.3. The molecular weight excluding hydrogens is 422 g/mol. The van der Waals surface area contributed by atoms with E-state index in [1.54, 1.807) is 0 Å². The Balaban J connectivity index is 1.74. The third-order valence-corrected chi connectivity index (χ3v) is 7.90. The minimum absolute atomic E-state index is 0.152. The predicted molar refractivity (Wildman–Crippen MR) is 140 cm³/mol. The fraction of sp³-hybridized carbons (Fsp3) is 0.933. The molecular formula is C30H53NO3. The highest BCUT2D eigenvalue weighted by molar-refractivity contribution is 5.83. The molecule has 0 saturated carbocycles. The standard InChI is InChI=1S/C30H53NO3/c1-2-3-4-5-6-7-10-17-26(24-31)18-13-14-22-29(32)30-27-19-11-8-9-12-20-28(34-30)21-15-16-23-33-25-27/h26-28,30H,2-23,25H2,1H3. The van der Waals surface area contributed by atoms with Gasteiger partial charge in [-0.3, -0.25) is 4.79 Å². The molecule has 34 heavy (non-hydrogen) atoms. The topological polar surface area (TPSA) is 59.3 Å². The van der Waals surface area contributed by atoms with Crippen LogP contribution in [0.4, 0.5) is 0 Å². The van der Waals surface area contributed by atoms with Crippen molar-refractivity contribution in [3.05, 3.63) is 0 Å². The van der Waals surface area contributed by atoms with Gasteiger partial charge in [0.05, 0.1) is 18.8 Å². The monoisotopic (exact) mass is 475 g/mol. The van der Waals surface area contributed by atoms with E-state index in [0.717, 1.165) is 64.4 Å². The van der Waals surface area contributed by atoms with Crippen LogP contribution in [0, 0.1) is 23.2 Å². The van der Waals surface area contributed by atoms with Crippen LogP contribution in [-0.4, -0.2) is 31.2 Å². The van der Waals surface area contributed by atoms with E-state index >= 15 is 0 Å². The maximum atomic E-state index is 13.3. The molecule has 4 heteroatoms. The van der Waals surface area contributed by atoms with Gasteiger partial charge in [-0.1, -0.05) is 84.0 Å². The van der Waals surface area contributed by atoms with E-state index in [1.165, 1.54) is 70.6 Å². The van der Waals surface area contributed by atoms with Crippen LogP contribution in [0.2, 0.25) is 0 Å². The fourth-order valence-corrected chi connectivity index (χ4v) is 5.66. The zero-order chi connectivity index (χ0) is 24.3. The lowest BCUT2D eigenvalue weighted by Crippen LogP contribution is -2.39. The second-order valence-electron chi connectivity index (χ2n) is 10.9. The number of Topliss-reactive ketones (excluding diaryl/α,β-unsaturated/α-hetero) is 1. The van der Waals surface area contributed by atoms with Gasteiger partial charge in [0.15, 0.2) is 5.78 Å². The van der Waals surface area contributed by atoms with Crippen LogP contribution in [0.15, 0.2) is 0 Å². The van der Waals surface area contributed by atoms with Crippen molar-refractivity contribution in [1.29, 1.82) is 5.26 Å². The quantitative estimate of drug-likeness (QED) is 0.237. The van der Waals surface area contributed by atoms with Gasteiger partial charge in [-0.15, -0.1) is 0 Å². The molecule has 196 valence electrons. The van der Waals surface area contributed by atoms with Crippen molar-refractivity contribution in [2.75, 3.05) is 13.2 Å². The summed E-state index contributed by atoms with van der Waals surface area (Å²) in [5, 5.41) is 9.55. The van der Waals surface area contributed by atoms with Crippen LogP contribution in [0.1, 0.15) is 142 Å². The van der Waals surface area contributed by atoms with Gasteiger partial charge in [0.25, 0.3) is 0 Å². The molecule has 0 amide bonds. The van der Waals surface area contributed by atoms with Crippen molar-refractivity contribution in [2.45, 2.75) is 154 Å². The molecule has 0 N–H and O–H groups in total. The van der Waals surface area contributed by atoms with Gasteiger partial charge < -0.3 is 9.47 Å². The second-order valence-corrected chi connectivity index (χ2v) is 10.9. The van der Waals surface area contributed by atoms with Gasteiger partial charge >= 0.3 is 0 Å². The lowest BCUT2D eigenvalue weighted by molar-refractivity contribution is -0.145. The van der Waals surface area contributed by atoms with Crippen molar-refractivity contribution < 1.29 is 14.3 Å². The summed E-state index contributed by atoms with van der Waals surface area (Å²) in [5.41, 5.74) is 0. The molecule has 4 unspecified atom stereocenters. The van der Waals surface area contributed by atoms with E-state index in [-0.39, 0.29) is 29.8 Å². The molecule has 0 aromatic carbocycles. The van der Waals surface area contributed by atoms with E-state index in [2.05, 4.69) is 13.0 Å². The van der Waals surface area contributed by atoms with Gasteiger partial charge in [0.2, 0.25) is 0 Å². The molecule has 0 aliphatic carbocycles. The number of hydrogen-bond donors (Lipinski definition) is 0. The molecule has 4 nitrogen and oxygen atoms in total. The van der Waals surface area contributed by atoms with Gasteiger partial charge in [0.1, 0.15) is 6.10 Å². The van der Waals surface area contributed by atoms with Crippen LogP contribution in [0.3, 0.4) is 0 Å². The van der Waals surface area contributed by atoms with Gasteiger partial charge in [-0.05, 0) is 51.4 Å². The summed E-state index contributed by atoms with van der Waals surface area (Å²) in [4.78, 5) is 13.3. The molecule has 0 aromatic rings. The van der Waals surface area contributed by atoms with E-state index in [4.69, 9.17) is 9.47 Å². The van der Waals surface area contributed by atoms with Crippen LogP contribution in [0.25, 0.3) is 0 Å². The Morgan fingerprint density at radius 2 is 1.50 bits per heavy atom. The highest BCUT2D eigenvalue weighted by atomic mass is 16.5. The zero-order valence-corrected chi connectivity index (χ0v) is 22.2. The van der Waals surface area contributed by atoms with Crippen molar-refractivity contribution in [2.24, 2.45) is 11.8 Å². The molecule has 0 radical (unpaired) electrons. The maximum Gasteiger partial charge on any atom is 0.161 e. The largest absolute Gasteiger partial charge is 0.381 e. The summed E-state index contributed by atoms with van der Waals surface area (Å²) in [6, 6.07) is 2.52. The average molecular weight is 476 g/mol. The number of ether oxygens (including phenoxy) is 2. The van der Waals surface area contributed by atoms with Crippen molar-refractivity contribution in [1.82, 2.24) is 0 Å². The number of rotatable bonds is 14. The Hall–Kier alpha value is -0.920. The first-order chi connectivity index (χ1) is 16.7. The molecule has 2 aliphatic rings. The van der Waals surface area contributed by atoms with Gasteiger partial charge in [-0.25, -0.2) is 0 Å². The molecule has 2 fully saturated rings. The van der Waals surface area contributed by atoms with Crippen molar-refractivity contribution in [3.8, 4) is 6.07 Å². The Labute approximate surface area is 210 Å². The maximum absolute atomic E-state index is 13.3. The number of hydrogen-bond acceptors (Lipinski definition) is 4. The number of unbranched alkanes of at least 4 members (excludes halogenated alkanes) is 7. The van der Waals surface area contributed by atoms with E-state index < -0.39 is 0 Å². The lowest BCUT2D eigenvalue weighted by atomic mass is 9.89. The molecule has 2 aliphatic heterocycles. The molecule has 2 bridgehead atoms. The summed E-state index contributed by atoms with van der Waals surface area (Å²) in [6.45, 7) is 3.73. The summed E-state index contributed by atoms with van der Waals surface area (Å²) in [6.07, 6.45) is 23.8. The second kappa shape index (κ2) is 19.3. The lowest BCUT2D eigenvalue weighted by Gasteiger charge is -2.32. The first-order valence-electron chi connectivity index (χ1n) is 14.9. The molecule has 4 atom stereocenters. The van der Waals surface area contributed by atoms with Crippen LogP contribution < -0.4 is 0 Å². The fourth-order valence-electron chi connectivity index (χ4n) is 5.66. The van der Waals surface area contributed by atoms with E-state index in [1.807, 2.05) is 0 Å². The van der Waals surface area contributed by atoms with Gasteiger partial charge in [0, 0.05) is 24.9 Å². The highest BCUT2D eigenvalue weighted by Gasteiger charge is 2.32. The molecule has 2 heterocycles. The SMILES string of the molecule is CCCCCCCCCC(C#N)CCCCC(=O)C1OC2CCCCCCC1COCCCC2. The summed E-state index contributed by atoms with van der Waals surface area (Å²) in [7, 11) is 0. The number of nitrogens with zero attached hydrogens (tertiary/aromatic N) is 1. The van der Waals surface area contributed by atoms with Gasteiger partial charge in [-0.2, -0.15) is 5.26 Å². The third-order valence-electron chi connectivity index (χ3n) is 7.90. The predicted octanol–water partition coefficient (Wildman–Crippen LogP) is 8.32. The minimum Gasteiger partial charge on any atom is -0.381 e. The Kier molecular flexibility index (Phi) is 16.6. The van der Waals surface area contributed by atoms with E-state index in [0.29, 0.717) is 13.0 Å². The van der Waals surface area contributed by atoms with Crippen LogP contribution in [0.5, 0.6) is 0 Å². The number of carbonyl (C=O) groups is 1. The normalized spacial score (nSPS) is 25.4. The van der Waals surface area contributed by atoms with E-state index in [9.17, 15) is 10.1 Å². The Morgan fingerprint density at radius 1 is 0.853 bits per heavy atom. The van der Waals surface area contributed by atoms with Crippen LogP contribution >= 0.6 is 0 Å². The molecule has 0 aromatic heterocycles. The Morgan fingerprint density at radius 3 is 2.24 bits per heavy atom. The summed E-state index contributed by atoms with van der Waals surface area (Å²) >= 11 is 0. The Bertz CT molecular complexity index is 542. The minimum atomic E-state index is -0.291. The summed E-state index contributed by atoms with van der Waals surface area (Å²) in [5.74, 6) is 0.634. The number of carbonyl (C=O) groups excluding carboxylic acids is 1. The zero-order valence-electron chi connectivity index (χ0n) is 22.2. The molecule has 0 spiro atoms. The highest BCUT2D eigenvalue weighted by Crippen LogP contribution is 2.28.